The predicted molar refractivity (Wildman–Crippen MR) is 97.7 cm³/mol. The summed E-state index contributed by atoms with van der Waals surface area (Å²) < 4.78 is 63.2. The monoisotopic (exact) mass is 432 g/mol. The molecule has 2 aromatic rings. The van der Waals surface area contributed by atoms with Gasteiger partial charge in [0.2, 0.25) is 0 Å². The molecule has 10 heteroatoms. The fourth-order valence-electron chi connectivity index (χ4n) is 3.10. The summed E-state index contributed by atoms with van der Waals surface area (Å²) in [4.78, 5) is 17.2. The van der Waals surface area contributed by atoms with E-state index in [2.05, 4.69) is 4.98 Å². The third kappa shape index (κ3) is 4.30. The molecule has 1 aromatic heterocycles. The van der Waals surface area contributed by atoms with Gasteiger partial charge in [-0.3, -0.25) is 9.78 Å². The highest BCUT2D eigenvalue weighted by Crippen LogP contribution is 2.34. The highest BCUT2D eigenvalue weighted by atomic mass is 35.5. The van der Waals surface area contributed by atoms with Crippen LogP contribution in [0.25, 0.3) is 0 Å². The van der Waals surface area contributed by atoms with Crippen molar-refractivity contribution in [1.82, 2.24) is 9.88 Å². The van der Waals surface area contributed by atoms with Gasteiger partial charge in [-0.15, -0.1) is 0 Å². The molecule has 0 bridgehead atoms. The maximum Gasteiger partial charge on any atom is 0.433 e. The number of pyridine rings is 1. The quantitative estimate of drug-likeness (QED) is 0.724. The summed E-state index contributed by atoms with van der Waals surface area (Å²) in [5.74, 6) is -0.820. The molecule has 1 unspecified atom stereocenters. The van der Waals surface area contributed by atoms with Crippen molar-refractivity contribution in [2.75, 3.05) is 18.8 Å². The van der Waals surface area contributed by atoms with Crippen molar-refractivity contribution in [3.8, 4) is 0 Å². The van der Waals surface area contributed by atoms with Crippen LogP contribution in [0.5, 0.6) is 0 Å². The Hall–Kier alpha value is -2.13. The molecule has 0 spiro atoms. The molecule has 3 rings (SSSR count). The van der Waals surface area contributed by atoms with Crippen LogP contribution in [0, 0.1) is 0 Å². The molecule has 0 radical (unpaired) electrons. The van der Waals surface area contributed by atoms with Crippen LogP contribution < -0.4 is 0 Å². The largest absolute Gasteiger partial charge is 0.433 e. The Morgan fingerprint density at radius 3 is 2.46 bits per heavy atom. The Labute approximate surface area is 165 Å². The third-order valence-electron chi connectivity index (χ3n) is 4.58. The van der Waals surface area contributed by atoms with Gasteiger partial charge in [-0.2, -0.15) is 13.2 Å². The number of amides is 1. The first-order valence-electron chi connectivity index (χ1n) is 8.38. The number of rotatable bonds is 2. The summed E-state index contributed by atoms with van der Waals surface area (Å²) in [6.45, 7) is 0.0815. The Balaban J connectivity index is 1.81. The van der Waals surface area contributed by atoms with E-state index in [-0.39, 0.29) is 30.8 Å². The van der Waals surface area contributed by atoms with Gasteiger partial charge in [0.1, 0.15) is 5.69 Å². The van der Waals surface area contributed by atoms with Gasteiger partial charge in [0.05, 0.1) is 16.6 Å². The van der Waals surface area contributed by atoms with Gasteiger partial charge in [0.25, 0.3) is 5.91 Å². The van der Waals surface area contributed by atoms with E-state index in [1.807, 2.05) is 0 Å². The van der Waals surface area contributed by atoms with Gasteiger partial charge in [0, 0.05) is 24.3 Å². The van der Waals surface area contributed by atoms with Gasteiger partial charge in [-0.1, -0.05) is 29.8 Å². The lowest BCUT2D eigenvalue weighted by atomic mass is 10.1. The Morgan fingerprint density at radius 2 is 1.86 bits per heavy atom. The zero-order valence-corrected chi connectivity index (χ0v) is 16.1. The fraction of sp³-hybridized carbons (Fsp3) is 0.333. The van der Waals surface area contributed by atoms with Gasteiger partial charge in [0.15, 0.2) is 9.84 Å². The average molecular weight is 433 g/mol. The topological polar surface area (TPSA) is 67.3 Å². The molecular formula is C18H16ClF3N2O3S. The summed E-state index contributed by atoms with van der Waals surface area (Å²) in [7, 11) is -3.55. The van der Waals surface area contributed by atoms with E-state index in [0.717, 1.165) is 18.3 Å². The molecule has 1 aromatic carbocycles. The summed E-state index contributed by atoms with van der Waals surface area (Å²) >= 11 is 6.14. The number of hydrogen-bond donors (Lipinski definition) is 0. The van der Waals surface area contributed by atoms with Gasteiger partial charge >= 0.3 is 6.18 Å². The molecule has 2 heterocycles. The molecule has 0 saturated carbocycles. The van der Waals surface area contributed by atoms with Gasteiger partial charge in [-0.25, -0.2) is 8.42 Å². The van der Waals surface area contributed by atoms with Crippen LogP contribution in [0.1, 0.15) is 33.3 Å². The van der Waals surface area contributed by atoms with Crippen molar-refractivity contribution in [3.63, 3.8) is 0 Å². The van der Waals surface area contributed by atoms with Crippen LogP contribution >= 0.6 is 11.6 Å². The number of hydrogen-bond acceptors (Lipinski definition) is 4. The lowest BCUT2D eigenvalue weighted by Crippen LogP contribution is -2.33. The molecule has 1 atom stereocenters. The first-order chi connectivity index (χ1) is 13.1. The zero-order valence-electron chi connectivity index (χ0n) is 14.5. The van der Waals surface area contributed by atoms with E-state index in [0.29, 0.717) is 10.6 Å². The van der Waals surface area contributed by atoms with Crippen molar-refractivity contribution < 1.29 is 26.4 Å². The average Bonchev–Trinajstić information content (AvgIpc) is 2.79. The molecule has 150 valence electrons. The molecule has 1 aliphatic rings. The van der Waals surface area contributed by atoms with Gasteiger partial charge < -0.3 is 4.90 Å². The SMILES string of the molecule is O=C(c1ccc(C(F)(F)F)nc1)N1CCC(c2ccccc2Cl)S(=O)(=O)CC1. The molecule has 1 aliphatic heterocycles. The number of nitrogens with zero attached hydrogens (tertiary/aromatic N) is 2. The van der Waals surface area contributed by atoms with Crippen molar-refractivity contribution in [3.05, 3.63) is 64.4 Å². The normalized spacial score (nSPS) is 19.9. The number of carbonyl (C=O) groups excluding carboxylic acids is 1. The summed E-state index contributed by atoms with van der Waals surface area (Å²) in [6.07, 6.45) is -3.59. The summed E-state index contributed by atoms with van der Waals surface area (Å²) in [6, 6.07) is 8.41. The molecule has 0 N–H and O–H groups in total. The standard InChI is InChI=1S/C18H16ClF3N2O3S/c19-14-4-2-1-3-13(14)15-7-8-24(9-10-28(15,26)27)17(25)12-5-6-16(23-11-12)18(20,21)22/h1-6,11,15H,7-10H2. The van der Waals surface area contributed by atoms with Crippen LogP contribution in [0.4, 0.5) is 13.2 Å². The van der Waals surface area contributed by atoms with Gasteiger partial charge in [-0.05, 0) is 30.2 Å². The van der Waals surface area contributed by atoms with E-state index in [9.17, 15) is 26.4 Å². The highest BCUT2D eigenvalue weighted by molar-refractivity contribution is 7.91. The summed E-state index contributed by atoms with van der Waals surface area (Å²) in [5.41, 5.74) is -0.641. The minimum atomic E-state index is -4.60. The van der Waals surface area contributed by atoms with E-state index in [4.69, 9.17) is 11.6 Å². The van der Waals surface area contributed by atoms with Crippen molar-refractivity contribution in [2.45, 2.75) is 17.8 Å². The molecule has 1 saturated heterocycles. The highest BCUT2D eigenvalue weighted by Gasteiger charge is 2.35. The van der Waals surface area contributed by atoms with Crippen LogP contribution in [0.15, 0.2) is 42.6 Å². The maximum absolute atomic E-state index is 12.7. The molecule has 1 amide bonds. The maximum atomic E-state index is 12.7. The first-order valence-corrected chi connectivity index (χ1v) is 10.5. The third-order valence-corrected chi connectivity index (χ3v) is 7.03. The van der Waals surface area contributed by atoms with E-state index in [1.54, 1.807) is 24.3 Å². The molecule has 0 aliphatic carbocycles. The Bertz CT molecular complexity index is 978. The van der Waals surface area contributed by atoms with Crippen molar-refractivity contribution >= 4 is 27.3 Å². The van der Waals surface area contributed by atoms with Crippen LogP contribution in [-0.4, -0.2) is 43.1 Å². The number of sulfone groups is 1. The second-order valence-corrected chi connectivity index (χ2v) is 9.10. The predicted octanol–water partition coefficient (Wildman–Crippen LogP) is 3.76. The number of halogens is 4. The zero-order chi connectivity index (χ0) is 20.5. The number of carbonyl (C=O) groups is 1. The lowest BCUT2D eigenvalue weighted by Gasteiger charge is -2.20. The minimum Gasteiger partial charge on any atom is -0.338 e. The Morgan fingerprint density at radius 1 is 1.14 bits per heavy atom. The molecular weight excluding hydrogens is 417 g/mol. The smallest absolute Gasteiger partial charge is 0.338 e. The first kappa shape index (κ1) is 20.6. The summed E-state index contributed by atoms with van der Waals surface area (Å²) in [5, 5.41) is -0.507. The molecule has 1 fully saturated rings. The van der Waals surface area contributed by atoms with Crippen molar-refractivity contribution in [1.29, 1.82) is 0 Å². The lowest BCUT2D eigenvalue weighted by molar-refractivity contribution is -0.141. The van der Waals surface area contributed by atoms with Crippen LogP contribution in [0.2, 0.25) is 5.02 Å². The minimum absolute atomic E-state index is 0.0263. The van der Waals surface area contributed by atoms with E-state index < -0.39 is 32.9 Å². The number of alkyl halides is 3. The van der Waals surface area contributed by atoms with E-state index >= 15 is 0 Å². The molecule has 5 nitrogen and oxygen atoms in total. The second kappa shape index (κ2) is 7.71. The van der Waals surface area contributed by atoms with Crippen molar-refractivity contribution in [2.24, 2.45) is 0 Å². The number of benzene rings is 1. The van der Waals surface area contributed by atoms with Crippen LogP contribution in [0.3, 0.4) is 0 Å². The second-order valence-electron chi connectivity index (χ2n) is 6.39. The van der Waals surface area contributed by atoms with E-state index in [1.165, 1.54) is 4.90 Å². The Kier molecular flexibility index (Phi) is 5.67. The van der Waals surface area contributed by atoms with Crippen LogP contribution in [-0.2, 0) is 16.0 Å². The molecule has 28 heavy (non-hydrogen) atoms. The number of aromatic nitrogens is 1. The fourth-order valence-corrected chi connectivity index (χ4v) is 5.25.